The molecule has 0 saturated carbocycles. The summed E-state index contributed by atoms with van der Waals surface area (Å²) in [6.45, 7) is 14.6. The Morgan fingerprint density at radius 1 is 0.244 bits per heavy atom. The van der Waals surface area contributed by atoms with Crippen LogP contribution in [0, 0.1) is 23.7 Å². The van der Waals surface area contributed by atoms with Gasteiger partial charge in [-0.1, -0.05) is 241 Å². The molecule has 0 bridgehead atoms. The average Bonchev–Trinajstić information content (AvgIpc) is 2.96. The van der Waals surface area contributed by atoms with Crippen molar-refractivity contribution in [2.24, 2.45) is 23.7 Å². The fraction of sp³-hybridized carbons (Fsp3) is 1.00. The molecule has 0 rings (SSSR count). The Hall–Kier alpha value is 0. The van der Waals surface area contributed by atoms with E-state index in [9.17, 15) is 0 Å². The first-order valence-electron chi connectivity index (χ1n) is 20.0. The zero-order chi connectivity index (χ0) is 30.2. The van der Waals surface area contributed by atoms with Crippen LogP contribution < -0.4 is 0 Å². The van der Waals surface area contributed by atoms with Crippen LogP contribution in [0.3, 0.4) is 0 Å². The topological polar surface area (TPSA) is 0 Å². The van der Waals surface area contributed by atoms with Gasteiger partial charge in [0.1, 0.15) is 0 Å². The van der Waals surface area contributed by atoms with Crippen LogP contribution in [0.25, 0.3) is 0 Å². The fourth-order valence-electron chi connectivity index (χ4n) is 6.82. The van der Waals surface area contributed by atoms with Crippen LogP contribution in [0.2, 0.25) is 0 Å². The predicted molar refractivity (Wildman–Crippen MR) is 191 cm³/mol. The molecule has 4 atom stereocenters. The molecule has 0 spiro atoms. The molecule has 248 valence electrons. The van der Waals surface area contributed by atoms with Crippen LogP contribution in [0.15, 0.2) is 0 Å². The summed E-state index contributed by atoms with van der Waals surface area (Å²) in [5.41, 5.74) is 0. The molecule has 0 radical (unpaired) electrons. The zero-order valence-electron chi connectivity index (χ0n) is 30.2. The van der Waals surface area contributed by atoms with E-state index < -0.39 is 0 Å². The Morgan fingerprint density at radius 2 is 0.463 bits per heavy atom. The van der Waals surface area contributed by atoms with E-state index in [-0.39, 0.29) is 0 Å². The van der Waals surface area contributed by atoms with Crippen molar-refractivity contribution >= 4 is 0 Å². The lowest BCUT2D eigenvalue weighted by molar-refractivity contribution is 0.382. The third kappa shape index (κ3) is 32.7. The summed E-state index contributed by atoms with van der Waals surface area (Å²) in [4.78, 5) is 0. The first-order valence-corrected chi connectivity index (χ1v) is 20.0. The Balaban J connectivity index is 3.35. The molecule has 0 aromatic heterocycles. The third-order valence-corrected chi connectivity index (χ3v) is 10.4. The van der Waals surface area contributed by atoms with E-state index >= 15 is 0 Å². The summed E-state index contributed by atoms with van der Waals surface area (Å²) in [5.74, 6) is 3.78. The Morgan fingerprint density at radius 3 is 0.756 bits per heavy atom. The van der Waals surface area contributed by atoms with Crippen LogP contribution >= 0.6 is 0 Å². The van der Waals surface area contributed by atoms with Crippen LogP contribution in [-0.2, 0) is 0 Å². The van der Waals surface area contributed by atoms with Crippen molar-refractivity contribution in [3.8, 4) is 0 Å². The molecule has 0 amide bonds. The van der Waals surface area contributed by atoms with E-state index in [4.69, 9.17) is 0 Å². The molecular formula is C41H84. The standard InChI is InChI=1S/C41H84/c1-7-9-10-11-12-13-14-15-16-17-18-19-20-21-22-25-32-39(4)33-28-24-29-35-41(6)37-30-36-40(5)34-27-23-26-31-38(3)8-2/h38-41H,7-37H2,1-6H3. The van der Waals surface area contributed by atoms with Crippen LogP contribution in [0.4, 0.5) is 0 Å². The number of hydrogen-bond donors (Lipinski definition) is 0. The lowest BCUT2D eigenvalue weighted by Crippen LogP contribution is -2.00. The van der Waals surface area contributed by atoms with E-state index in [1.54, 1.807) is 0 Å². The quantitative estimate of drug-likeness (QED) is 0.0668. The van der Waals surface area contributed by atoms with Gasteiger partial charge in [-0.2, -0.15) is 0 Å². The fourth-order valence-corrected chi connectivity index (χ4v) is 6.82. The van der Waals surface area contributed by atoms with Crippen molar-refractivity contribution in [2.75, 3.05) is 0 Å². The first-order chi connectivity index (χ1) is 20.0. The minimum atomic E-state index is 0.936. The molecule has 0 aliphatic heterocycles. The predicted octanol–water partition coefficient (Wildman–Crippen LogP) is 15.7. The van der Waals surface area contributed by atoms with E-state index in [0.717, 1.165) is 23.7 Å². The number of unbranched alkanes of at least 4 members (excludes halogenated alkanes) is 19. The molecule has 0 heteroatoms. The van der Waals surface area contributed by atoms with Gasteiger partial charge in [0.25, 0.3) is 0 Å². The second-order valence-electron chi connectivity index (χ2n) is 15.1. The van der Waals surface area contributed by atoms with E-state index in [0.29, 0.717) is 0 Å². The molecule has 41 heavy (non-hydrogen) atoms. The van der Waals surface area contributed by atoms with Gasteiger partial charge in [-0.15, -0.1) is 0 Å². The molecule has 4 unspecified atom stereocenters. The summed E-state index contributed by atoms with van der Waals surface area (Å²) in [6, 6.07) is 0. The number of rotatable bonds is 34. The van der Waals surface area contributed by atoms with Gasteiger partial charge in [-0.25, -0.2) is 0 Å². The highest BCUT2D eigenvalue weighted by Gasteiger charge is 2.07. The maximum Gasteiger partial charge on any atom is -0.0443 e. The van der Waals surface area contributed by atoms with Gasteiger partial charge in [-0.3, -0.25) is 0 Å². The molecule has 0 aliphatic carbocycles. The van der Waals surface area contributed by atoms with Gasteiger partial charge in [-0.05, 0) is 23.7 Å². The molecule has 0 fully saturated rings. The van der Waals surface area contributed by atoms with Crippen molar-refractivity contribution in [1.29, 1.82) is 0 Å². The monoisotopic (exact) mass is 577 g/mol. The van der Waals surface area contributed by atoms with E-state index in [1.165, 1.54) is 199 Å². The van der Waals surface area contributed by atoms with Crippen molar-refractivity contribution in [3.63, 3.8) is 0 Å². The van der Waals surface area contributed by atoms with Gasteiger partial charge >= 0.3 is 0 Å². The smallest absolute Gasteiger partial charge is 0.0443 e. The Labute approximate surface area is 263 Å². The number of hydrogen-bond acceptors (Lipinski definition) is 0. The van der Waals surface area contributed by atoms with Crippen LogP contribution in [0.5, 0.6) is 0 Å². The van der Waals surface area contributed by atoms with Crippen molar-refractivity contribution in [1.82, 2.24) is 0 Å². The minimum Gasteiger partial charge on any atom is -0.0654 e. The van der Waals surface area contributed by atoms with E-state index in [1.807, 2.05) is 0 Å². The summed E-state index contributed by atoms with van der Waals surface area (Å²) >= 11 is 0. The first kappa shape index (κ1) is 41.0. The summed E-state index contributed by atoms with van der Waals surface area (Å²) in [5, 5.41) is 0. The Kier molecular flexibility index (Phi) is 32.9. The largest absolute Gasteiger partial charge is 0.0654 e. The van der Waals surface area contributed by atoms with Crippen molar-refractivity contribution in [3.05, 3.63) is 0 Å². The summed E-state index contributed by atoms with van der Waals surface area (Å²) in [6.07, 6.45) is 45.5. The zero-order valence-corrected chi connectivity index (χ0v) is 30.2. The summed E-state index contributed by atoms with van der Waals surface area (Å²) < 4.78 is 0. The second-order valence-corrected chi connectivity index (χ2v) is 15.1. The lowest BCUT2D eigenvalue weighted by Gasteiger charge is -2.15. The molecule has 0 aromatic carbocycles. The van der Waals surface area contributed by atoms with Gasteiger partial charge in [0.05, 0.1) is 0 Å². The maximum atomic E-state index is 2.51. The average molecular weight is 577 g/mol. The molecular weight excluding hydrogens is 492 g/mol. The van der Waals surface area contributed by atoms with Crippen LogP contribution in [0.1, 0.15) is 241 Å². The van der Waals surface area contributed by atoms with Crippen molar-refractivity contribution < 1.29 is 0 Å². The van der Waals surface area contributed by atoms with Gasteiger partial charge < -0.3 is 0 Å². The van der Waals surface area contributed by atoms with Crippen LogP contribution in [-0.4, -0.2) is 0 Å². The Bertz CT molecular complexity index is 467. The van der Waals surface area contributed by atoms with Crippen molar-refractivity contribution in [2.45, 2.75) is 241 Å². The third-order valence-electron chi connectivity index (χ3n) is 10.4. The molecule has 0 saturated heterocycles. The lowest BCUT2D eigenvalue weighted by atomic mass is 9.91. The SMILES string of the molecule is CCCCCCCCCCCCCCCCCCC(C)CCCCCC(C)CCCC(C)CCCCCC(C)CC. The highest BCUT2D eigenvalue weighted by Crippen LogP contribution is 2.23. The molecule has 0 N–H and O–H groups in total. The molecule has 0 nitrogen and oxygen atoms in total. The summed E-state index contributed by atoms with van der Waals surface area (Å²) in [7, 11) is 0. The normalized spacial score (nSPS) is 14.8. The second kappa shape index (κ2) is 32.9. The maximum absolute atomic E-state index is 2.51. The molecule has 0 aromatic rings. The molecule has 0 heterocycles. The highest BCUT2D eigenvalue weighted by molar-refractivity contribution is 4.61. The van der Waals surface area contributed by atoms with Gasteiger partial charge in [0.2, 0.25) is 0 Å². The van der Waals surface area contributed by atoms with Gasteiger partial charge in [0, 0.05) is 0 Å². The van der Waals surface area contributed by atoms with Gasteiger partial charge in [0.15, 0.2) is 0 Å². The van der Waals surface area contributed by atoms with E-state index in [2.05, 4.69) is 41.5 Å². The highest BCUT2D eigenvalue weighted by atomic mass is 14.1. The molecule has 0 aliphatic rings. The minimum absolute atomic E-state index is 0.936.